The number of nitriles is 1. The smallest absolute Gasteiger partial charge is 0.0963 e. The van der Waals surface area contributed by atoms with Gasteiger partial charge in [0.25, 0.3) is 0 Å². The van der Waals surface area contributed by atoms with Crippen LogP contribution in [-0.2, 0) is 0 Å². The molecule has 0 unspecified atom stereocenters. The average molecular weight is 176 g/mol. The first-order valence-corrected chi connectivity index (χ1v) is 4.43. The van der Waals surface area contributed by atoms with Crippen LogP contribution in [0.3, 0.4) is 0 Å². The molecule has 1 aromatic heterocycles. The Morgan fingerprint density at radius 3 is 3.08 bits per heavy atom. The molecular formula is C9H8N2S. The Kier molecular flexibility index (Phi) is 3.36. The standard InChI is InChI=1S/C9H8N2S/c1-8(6-10)7-12-9-4-2-3-5-11-9/h2-5H,1,7H2. The molecule has 3 heteroatoms. The van der Waals surface area contributed by atoms with Crippen molar-refractivity contribution in [2.24, 2.45) is 0 Å². The highest BCUT2D eigenvalue weighted by atomic mass is 32.2. The molecule has 0 atom stereocenters. The molecule has 0 amide bonds. The van der Waals surface area contributed by atoms with Gasteiger partial charge in [0.05, 0.1) is 11.1 Å². The molecule has 60 valence electrons. The lowest BCUT2D eigenvalue weighted by Gasteiger charge is -1.96. The lowest BCUT2D eigenvalue weighted by Crippen LogP contribution is -1.83. The molecule has 0 aliphatic carbocycles. The Labute approximate surface area is 75.9 Å². The van der Waals surface area contributed by atoms with Crippen molar-refractivity contribution in [2.75, 3.05) is 5.75 Å². The van der Waals surface area contributed by atoms with Crippen LogP contribution in [0.1, 0.15) is 0 Å². The summed E-state index contributed by atoms with van der Waals surface area (Å²) in [5, 5.41) is 9.35. The summed E-state index contributed by atoms with van der Waals surface area (Å²) in [6.07, 6.45) is 1.73. The number of thioether (sulfide) groups is 1. The molecule has 0 N–H and O–H groups in total. The zero-order valence-corrected chi connectivity index (χ0v) is 7.34. The minimum Gasteiger partial charge on any atom is -0.250 e. The van der Waals surface area contributed by atoms with Crippen LogP contribution in [0.4, 0.5) is 0 Å². The Hall–Kier alpha value is -1.27. The first-order valence-electron chi connectivity index (χ1n) is 3.44. The van der Waals surface area contributed by atoms with Crippen LogP contribution in [0, 0.1) is 11.3 Å². The first-order chi connectivity index (χ1) is 5.83. The predicted octanol–water partition coefficient (Wildman–Crippen LogP) is 2.25. The molecule has 1 aromatic rings. The van der Waals surface area contributed by atoms with E-state index in [1.165, 1.54) is 11.8 Å². The summed E-state index contributed by atoms with van der Waals surface area (Å²) in [5.74, 6) is 0.619. The van der Waals surface area contributed by atoms with Crippen LogP contribution in [0.25, 0.3) is 0 Å². The van der Waals surface area contributed by atoms with Gasteiger partial charge in [-0.1, -0.05) is 12.6 Å². The molecular weight excluding hydrogens is 168 g/mol. The second-order valence-electron chi connectivity index (χ2n) is 2.17. The molecule has 2 nitrogen and oxygen atoms in total. The maximum Gasteiger partial charge on any atom is 0.0963 e. The summed E-state index contributed by atoms with van der Waals surface area (Å²) in [5.41, 5.74) is 0.575. The normalized spacial score (nSPS) is 8.92. The van der Waals surface area contributed by atoms with Crippen LogP contribution in [-0.4, -0.2) is 10.7 Å². The molecule has 0 bridgehead atoms. The van der Waals surface area contributed by atoms with Gasteiger partial charge in [0, 0.05) is 17.5 Å². The van der Waals surface area contributed by atoms with E-state index >= 15 is 0 Å². The van der Waals surface area contributed by atoms with Crippen LogP contribution < -0.4 is 0 Å². The van der Waals surface area contributed by atoms with Gasteiger partial charge in [0.2, 0.25) is 0 Å². The zero-order chi connectivity index (χ0) is 8.81. The van der Waals surface area contributed by atoms with Gasteiger partial charge in [0.15, 0.2) is 0 Å². The minimum atomic E-state index is 0.575. The molecule has 0 fully saturated rings. The molecule has 0 radical (unpaired) electrons. The molecule has 1 rings (SSSR count). The van der Waals surface area contributed by atoms with Gasteiger partial charge in [-0.25, -0.2) is 4.98 Å². The zero-order valence-electron chi connectivity index (χ0n) is 6.53. The average Bonchev–Trinajstić information content (AvgIpc) is 2.16. The summed E-state index contributed by atoms with van der Waals surface area (Å²) < 4.78 is 0. The molecule has 0 aromatic carbocycles. The van der Waals surface area contributed by atoms with Crippen molar-refractivity contribution in [3.05, 3.63) is 36.5 Å². The van der Waals surface area contributed by atoms with Crippen molar-refractivity contribution in [2.45, 2.75) is 5.03 Å². The largest absolute Gasteiger partial charge is 0.250 e. The molecule has 0 spiro atoms. The van der Waals surface area contributed by atoms with Crippen molar-refractivity contribution in [1.82, 2.24) is 4.98 Å². The molecule has 0 saturated heterocycles. The maximum atomic E-state index is 8.43. The van der Waals surface area contributed by atoms with E-state index in [4.69, 9.17) is 5.26 Å². The van der Waals surface area contributed by atoms with Crippen molar-refractivity contribution in [3.63, 3.8) is 0 Å². The predicted molar refractivity (Wildman–Crippen MR) is 49.7 cm³/mol. The van der Waals surface area contributed by atoms with Gasteiger partial charge >= 0.3 is 0 Å². The molecule has 1 heterocycles. The Bertz CT molecular complexity index is 300. The summed E-state index contributed by atoms with van der Waals surface area (Å²) >= 11 is 1.52. The Morgan fingerprint density at radius 2 is 2.50 bits per heavy atom. The van der Waals surface area contributed by atoms with E-state index in [9.17, 15) is 0 Å². The highest BCUT2D eigenvalue weighted by molar-refractivity contribution is 7.99. The number of nitrogens with zero attached hydrogens (tertiary/aromatic N) is 2. The lowest BCUT2D eigenvalue weighted by molar-refractivity contribution is 1.14. The Morgan fingerprint density at radius 1 is 1.67 bits per heavy atom. The number of aromatic nitrogens is 1. The number of hydrogen-bond acceptors (Lipinski definition) is 3. The van der Waals surface area contributed by atoms with E-state index in [-0.39, 0.29) is 0 Å². The first kappa shape index (κ1) is 8.82. The fraction of sp³-hybridized carbons (Fsp3) is 0.111. The van der Waals surface area contributed by atoms with Gasteiger partial charge in [-0.2, -0.15) is 5.26 Å². The van der Waals surface area contributed by atoms with Gasteiger partial charge in [0.1, 0.15) is 0 Å². The SMILES string of the molecule is C=C(C#N)CSc1ccccn1. The van der Waals surface area contributed by atoms with Crippen LogP contribution in [0.2, 0.25) is 0 Å². The third-order valence-corrected chi connectivity index (χ3v) is 2.22. The topological polar surface area (TPSA) is 36.7 Å². The number of pyridine rings is 1. The monoisotopic (exact) mass is 176 g/mol. The van der Waals surface area contributed by atoms with E-state index in [1.54, 1.807) is 6.20 Å². The van der Waals surface area contributed by atoms with Crippen molar-refractivity contribution < 1.29 is 0 Å². The van der Waals surface area contributed by atoms with E-state index in [0.717, 1.165) is 5.03 Å². The van der Waals surface area contributed by atoms with Gasteiger partial charge in [-0.05, 0) is 12.1 Å². The molecule has 12 heavy (non-hydrogen) atoms. The van der Waals surface area contributed by atoms with E-state index in [1.807, 2.05) is 24.3 Å². The van der Waals surface area contributed by atoms with Crippen LogP contribution in [0.5, 0.6) is 0 Å². The van der Waals surface area contributed by atoms with Crippen molar-refractivity contribution in [3.8, 4) is 6.07 Å². The van der Waals surface area contributed by atoms with E-state index in [2.05, 4.69) is 11.6 Å². The van der Waals surface area contributed by atoms with Crippen LogP contribution >= 0.6 is 11.8 Å². The van der Waals surface area contributed by atoms with Gasteiger partial charge in [-0.15, -0.1) is 11.8 Å². The lowest BCUT2D eigenvalue weighted by atomic mass is 10.4. The summed E-state index contributed by atoms with van der Waals surface area (Å²) in [6.45, 7) is 3.58. The number of rotatable bonds is 3. The summed E-state index contributed by atoms with van der Waals surface area (Å²) in [7, 11) is 0. The minimum absolute atomic E-state index is 0.575. The Balaban J connectivity index is 2.45. The van der Waals surface area contributed by atoms with Crippen molar-refractivity contribution in [1.29, 1.82) is 5.26 Å². The third-order valence-electron chi connectivity index (χ3n) is 1.19. The summed E-state index contributed by atoms with van der Waals surface area (Å²) in [6, 6.07) is 7.69. The third kappa shape index (κ3) is 2.77. The fourth-order valence-corrected chi connectivity index (χ4v) is 1.32. The molecule has 0 aliphatic rings. The molecule has 0 aliphatic heterocycles. The summed E-state index contributed by atoms with van der Waals surface area (Å²) in [4.78, 5) is 4.10. The van der Waals surface area contributed by atoms with Gasteiger partial charge < -0.3 is 0 Å². The second kappa shape index (κ2) is 4.58. The second-order valence-corrected chi connectivity index (χ2v) is 3.17. The quantitative estimate of drug-likeness (QED) is 0.523. The van der Waals surface area contributed by atoms with Crippen molar-refractivity contribution >= 4 is 11.8 Å². The maximum absolute atomic E-state index is 8.43. The van der Waals surface area contributed by atoms with Crippen LogP contribution in [0.15, 0.2) is 41.6 Å². The van der Waals surface area contributed by atoms with Gasteiger partial charge in [-0.3, -0.25) is 0 Å². The highest BCUT2D eigenvalue weighted by Crippen LogP contribution is 2.15. The fourth-order valence-electron chi connectivity index (χ4n) is 0.626. The highest BCUT2D eigenvalue weighted by Gasteiger charge is 1.95. The number of hydrogen-bond donors (Lipinski definition) is 0. The van der Waals surface area contributed by atoms with E-state index < -0.39 is 0 Å². The van der Waals surface area contributed by atoms with E-state index in [0.29, 0.717) is 11.3 Å². The molecule has 0 saturated carbocycles.